The second-order valence-electron chi connectivity index (χ2n) is 6.39. The number of amides is 2. The fraction of sp³-hybridized carbons (Fsp3) is 0.389. The molecular weight excluding hydrogens is 318 g/mol. The smallest absolute Gasteiger partial charge is 0.315 e. The lowest BCUT2D eigenvalue weighted by Crippen LogP contribution is -2.35. The molecule has 1 fully saturated rings. The van der Waals surface area contributed by atoms with Crippen molar-refractivity contribution in [2.45, 2.75) is 38.1 Å². The van der Waals surface area contributed by atoms with E-state index in [1.165, 1.54) is 10.9 Å². The maximum Gasteiger partial charge on any atom is 0.315 e. The molecule has 0 bridgehead atoms. The summed E-state index contributed by atoms with van der Waals surface area (Å²) in [5.41, 5.74) is 2.42. The topological polar surface area (TPSA) is 95.8 Å². The molecule has 25 heavy (non-hydrogen) atoms. The Labute approximate surface area is 145 Å². The van der Waals surface area contributed by atoms with Crippen LogP contribution in [0.4, 0.5) is 4.79 Å². The van der Waals surface area contributed by atoms with E-state index in [0.29, 0.717) is 18.4 Å². The van der Waals surface area contributed by atoms with Crippen LogP contribution < -0.4 is 10.6 Å². The van der Waals surface area contributed by atoms with Crippen molar-refractivity contribution >= 4 is 16.9 Å². The summed E-state index contributed by atoms with van der Waals surface area (Å²) in [5.74, 6) is 1.67. The standard InChI is InChI=1S/C18H21N5O2/c24-18(21-11-16-22-17(23-25-16)12-7-8-12)19-9-3-4-13-10-20-15-6-2-1-5-14(13)15/h1-2,5-6,10,12,20H,3-4,7-9,11H2,(H2,19,21,24). The number of hydrogen-bond donors (Lipinski definition) is 3. The van der Waals surface area contributed by atoms with Crippen LogP contribution in [0.25, 0.3) is 10.9 Å². The molecule has 7 heteroatoms. The highest BCUT2D eigenvalue weighted by molar-refractivity contribution is 5.83. The van der Waals surface area contributed by atoms with Crippen LogP contribution in [0.15, 0.2) is 35.0 Å². The fourth-order valence-corrected chi connectivity index (χ4v) is 2.88. The van der Waals surface area contributed by atoms with Crippen molar-refractivity contribution in [3.63, 3.8) is 0 Å². The number of para-hydroxylation sites is 1. The summed E-state index contributed by atoms with van der Waals surface area (Å²) in [4.78, 5) is 19.4. The van der Waals surface area contributed by atoms with E-state index in [9.17, 15) is 4.79 Å². The third kappa shape index (κ3) is 3.81. The number of hydrogen-bond acceptors (Lipinski definition) is 4. The first-order valence-electron chi connectivity index (χ1n) is 8.69. The molecule has 1 aliphatic carbocycles. The van der Waals surface area contributed by atoms with Gasteiger partial charge in [-0.3, -0.25) is 0 Å². The second-order valence-corrected chi connectivity index (χ2v) is 6.39. The highest BCUT2D eigenvalue weighted by atomic mass is 16.5. The third-order valence-electron chi connectivity index (χ3n) is 4.41. The van der Waals surface area contributed by atoms with Gasteiger partial charge in [0.2, 0.25) is 5.89 Å². The molecule has 0 radical (unpaired) electrons. The van der Waals surface area contributed by atoms with E-state index < -0.39 is 0 Å². The highest BCUT2D eigenvalue weighted by Crippen LogP contribution is 2.38. The molecule has 2 heterocycles. The number of aryl methyl sites for hydroxylation is 1. The molecule has 7 nitrogen and oxygen atoms in total. The molecule has 2 aromatic heterocycles. The van der Waals surface area contributed by atoms with Crippen molar-refractivity contribution < 1.29 is 9.32 Å². The minimum atomic E-state index is -0.218. The molecule has 1 saturated carbocycles. The fourth-order valence-electron chi connectivity index (χ4n) is 2.88. The van der Waals surface area contributed by atoms with Crippen LogP contribution >= 0.6 is 0 Å². The van der Waals surface area contributed by atoms with E-state index in [0.717, 1.165) is 37.0 Å². The highest BCUT2D eigenvalue weighted by Gasteiger charge is 2.28. The summed E-state index contributed by atoms with van der Waals surface area (Å²) in [7, 11) is 0. The number of carbonyl (C=O) groups is 1. The van der Waals surface area contributed by atoms with Gasteiger partial charge >= 0.3 is 6.03 Å². The summed E-state index contributed by atoms with van der Waals surface area (Å²) in [5, 5.41) is 10.8. The number of aromatic amines is 1. The summed E-state index contributed by atoms with van der Waals surface area (Å²) >= 11 is 0. The Bertz CT molecular complexity index is 865. The van der Waals surface area contributed by atoms with E-state index in [-0.39, 0.29) is 12.6 Å². The molecule has 2 amide bonds. The lowest BCUT2D eigenvalue weighted by molar-refractivity contribution is 0.238. The van der Waals surface area contributed by atoms with Crippen LogP contribution in [0.2, 0.25) is 0 Å². The minimum Gasteiger partial charge on any atom is -0.361 e. The SMILES string of the molecule is O=C(NCCCc1c[nH]c2ccccc12)NCc1nc(C2CC2)no1. The van der Waals surface area contributed by atoms with Crippen molar-refractivity contribution in [3.8, 4) is 0 Å². The summed E-state index contributed by atoms with van der Waals surface area (Å²) in [6, 6.07) is 8.02. The summed E-state index contributed by atoms with van der Waals surface area (Å²) < 4.78 is 5.12. The molecule has 4 rings (SSSR count). The quantitative estimate of drug-likeness (QED) is 0.577. The zero-order valence-corrected chi connectivity index (χ0v) is 13.9. The second kappa shape index (κ2) is 6.96. The van der Waals surface area contributed by atoms with E-state index in [1.54, 1.807) is 0 Å². The normalized spacial score (nSPS) is 13.9. The molecule has 0 saturated heterocycles. The van der Waals surface area contributed by atoms with Crippen molar-refractivity contribution in [2.75, 3.05) is 6.54 Å². The van der Waals surface area contributed by atoms with Gasteiger partial charge in [-0.15, -0.1) is 0 Å². The molecule has 0 aliphatic heterocycles. The van der Waals surface area contributed by atoms with Crippen LogP contribution in [0.5, 0.6) is 0 Å². The number of nitrogens with one attached hydrogen (secondary N) is 3. The lowest BCUT2D eigenvalue weighted by Gasteiger charge is -2.05. The van der Waals surface area contributed by atoms with Crippen LogP contribution in [0.1, 0.15) is 42.5 Å². The summed E-state index contributed by atoms with van der Waals surface area (Å²) in [6.07, 6.45) is 6.09. The molecule has 3 N–H and O–H groups in total. The van der Waals surface area contributed by atoms with Gasteiger partial charge in [0, 0.05) is 29.6 Å². The first-order valence-corrected chi connectivity index (χ1v) is 8.69. The van der Waals surface area contributed by atoms with Gasteiger partial charge in [-0.2, -0.15) is 4.98 Å². The lowest BCUT2D eigenvalue weighted by atomic mass is 10.1. The van der Waals surface area contributed by atoms with Crippen LogP contribution in [-0.2, 0) is 13.0 Å². The van der Waals surface area contributed by atoms with E-state index >= 15 is 0 Å². The van der Waals surface area contributed by atoms with Gasteiger partial charge in [0.15, 0.2) is 5.82 Å². The number of fused-ring (bicyclic) bond motifs is 1. The number of H-pyrrole nitrogens is 1. The minimum absolute atomic E-state index is 0.218. The van der Waals surface area contributed by atoms with Crippen molar-refractivity contribution in [2.24, 2.45) is 0 Å². The van der Waals surface area contributed by atoms with Gasteiger partial charge < -0.3 is 20.1 Å². The Balaban J connectivity index is 1.17. The number of carbonyl (C=O) groups excluding carboxylic acids is 1. The van der Waals surface area contributed by atoms with Crippen molar-refractivity contribution in [3.05, 3.63) is 47.7 Å². The number of benzene rings is 1. The Morgan fingerprint density at radius 2 is 2.16 bits per heavy atom. The van der Waals surface area contributed by atoms with Gasteiger partial charge in [-0.25, -0.2) is 4.79 Å². The Hall–Kier alpha value is -2.83. The number of urea groups is 1. The predicted molar refractivity (Wildman–Crippen MR) is 93.1 cm³/mol. The van der Waals surface area contributed by atoms with Crippen molar-refractivity contribution in [1.29, 1.82) is 0 Å². The van der Waals surface area contributed by atoms with Gasteiger partial charge in [-0.05, 0) is 37.3 Å². The summed E-state index contributed by atoms with van der Waals surface area (Å²) in [6.45, 7) is 0.872. The Kier molecular flexibility index (Phi) is 4.37. The molecule has 130 valence electrons. The molecular formula is C18H21N5O2. The van der Waals surface area contributed by atoms with Gasteiger partial charge in [0.25, 0.3) is 0 Å². The van der Waals surface area contributed by atoms with Crippen LogP contribution in [0, 0.1) is 0 Å². The number of nitrogens with zero attached hydrogens (tertiary/aromatic N) is 2. The zero-order chi connectivity index (χ0) is 17.1. The Morgan fingerprint density at radius 1 is 1.28 bits per heavy atom. The third-order valence-corrected chi connectivity index (χ3v) is 4.41. The molecule has 0 spiro atoms. The van der Waals surface area contributed by atoms with Crippen molar-refractivity contribution in [1.82, 2.24) is 25.8 Å². The number of rotatable bonds is 7. The maximum atomic E-state index is 11.8. The first kappa shape index (κ1) is 15.7. The van der Waals surface area contributed by atoms with Gasteiger partial charge in [0.05, 0.1) is 6.54 Å². The Morgan fingerprint density at radius 3 is 3.04 bits per heavy atom. The maximum absolute atomic E-state index is 11.8. The van der Waals surface area contributed by atoms with E-state index in [2.05, 4.69) is 37.9 Å². The van der Waals surface area contributed by atoms with E-state index in [1.807, 2.05) is 18.3 Å². The average molecular weight is 339 g/mol. The number of aromatic nitrogens is 3. The van der Waals surface area contributed by atoms with Crippen LogP contribution in [-0.4, -0.2) is 27.7 Å². The largest absolute Gasteiger partial charge is 0.361 e. The molecule has 1 aromatic carbocycles. The zero-order valence-electron chi connectivity index (χ0n) is 13.9. The molecule has 1 aliphatic rings. The molecule has 3 aromatic rings. The predicted octanol–water partition coefficient (Wildman–Crippen LogP) is 2.86. The average Bonchev–Trinajstić information content (AvgIpc) is 3.24. The van der Waals surface area contributed by atoms with Crippen LogP contribution in [0.3, 0.4) is 0 Å². The van der Waals surface area contributed by atoms with Gasteiger partial charge in [-0.1, -0.05) is 23.4 Å². The van der Waals surface area contributed by atoms with E-state index in [4.69, 9.17) is 4.52 Å². The van der Waals surface area contributed by atoms with Gasteiger partial charge in [0.1, 0.15) is 0 Å². The molecule has 0 unspecified atom stereocenters. The monoisotopic (exact) mass is 339 g/mol. The molecule has 0 atom stereocenters. The first-order chi connectivity index (χ1) is 12.3.